The Balaban J connectivity index is 1.81. The predicted molar refractivity (Wildman–Crippen MR) is 92.0 cm³/mol. The number of nitrogens with one attached hydrogen (secondary N) is 1. The van der Waals surface area contributed by atoms with Crippen molar-refractivity contribution in [1.29, 1.82) is 0 Å². The Labute approximate surface area is 140 Å². The van der Waals surface area contributed by atoms with Crippen molar-refractivity contribution in [2.24, 2.45) is 4.99 Å². The van der Waals surface area contributed by atoms with E-state index in [0.717, 1.165) is 11.8 Å². The lowest BCUT2D eigenvalue weighted by atomic mass is 10.2. The van der Waals surface area contributed by atoms with Crippen LogP contribution in [0.4, 0.5) is 11.4 Å². The van der Waals surface area contributed by atoms with Crippen LogP contribution in [0.25, 0.3) is 6.08 Å². The van der Waals surface area contributed by atoms with Gasteiger partial charge in [0, 0.05) is 17.7 Å². The summed E-state index contributed by atoms with van der Waals surface area (Å²) in [5.74, 6) is -0.233. The number of aromatic hydroxyl groups is 1. The molecule has 8 heteroatoms. The molecule has 7 nitrogen and oxygen atoms in total. The zero-order chi connectivity index (χ0) is 17.1. The highest BCUT2D eigenvalue weighted by Gasteiger charge is 2.24. The van der Waals surface area contributed by atoms with E-state index >= 15 is 0 Å². The average molecular weight is 341 g/mol. The number of nitro groups is 1. The molecule has 2 N–H and O–H groups in total. The number of carbonyl (C=O) groups excluding carboxylic acids is 1. The van der Waals surface area contributed by atoms with Crippen molar-refractivity contribution < 1.29 is 14.8 Å². The first-order valence-electron chi connectivity index (χ1n) is 6.85. The van der Waals surface area contributed by atoms with E-state index in [1.807, 2.05) is 0 Å². The zero-order valence-corrected chi connectivity index (χ0v) is 13.0. The number of hydrogen-bond donors (Lipinski definition) is 2. The van der Waals surface area contributed by atoms with Gasteiger partial charge in [-0.3, -0.25) is 14.9 Å². The van der Waals surface area contributed by atoms with E-state index in [1.165, 1.54) is 30.3 Å². The SMILES string of the molecule is O=C1NC(=Nc2ccc([N+](=O)[O-])cc2)S/C1=C\c1ccccc1O. The number of phenols is 1. The van der Waals surface area contributed by atoms with Crippen molar-refractivity contribution in [1.82, 2.24) is 5.32 Å². The van der Waals surface area contributed by atoms with Crippen LogP contribution in [0.1, 0.15) is 5.56 Å². The quantitative estimate of drug-likeness (QED) is 0.507. The molecule has 0 radical (unpaired) electrons. The van der Waals surface area contributed by atoms with Gasteiger partial charge in [-0.1, -0.05) is 18.2 Å². The second-order valence-electron chi connectivity index (χ2n) is 4.81. The van der Waals surface area contributed by atoms with Crippen LogP contribution >= 0.6 is 11.8 Å². The van der Waals surface area contributed by atoms with Crippen LogP contribution in [0.2, 0.25) is 0 Å². The van der Waals surface area contributed by atoms with E-state index in [9.17, 15) is 20.0 Å². The van der Waals surface area contributed by atoms with Crippen molar-refractivity contribution in [3.63, 3.8) is 0 Å². The van der Waals surface area contributed by atoms with E-state index < -0.39 is 4.92 Å². The molecular weight excluding hydrogens is 330 g/mol. The van der Waals surface area contributed by atoms with Gasteiger partial charge in [-0.05, 0) is 36.0 Å². The largest absolute Gasteiger partial charge is 0.507 e. The zero-order valence-electron chi connectivity index (χ0n) is 12.2. The molecule has 2 aromatic rings. The highest BCUT2D eigenvalue weighted by molar-refractivity contribution is 8.18. The van der Waals surface area contributed by atoms with Crippen LogP contribution < -0.4 is 5.32 Å². The van der Waals surface area contributed by atoms with Gasteiger partial charge in [0.05, 0.1) is 15.5 Å². The first kappa shape index (κ1) is 15.8. The minimum Gasteiger partial charge on any atom is -0.507 e. The van der Waals surface area contributed by atoms with Crippen LogP contribution in [0.3, 0.4) is 0 Å². The second-order valence-corrected chi connectivity index (χ2v) is 5.84. The molecule has 0 aliphatic carbocycles. The number of para-hydroxylation sites is 1. The van der Waals surface area contributed by atoms with Crippen molar-refractivity contribution in [3.8, 4) is 5.75 Å². The number of rotatable bonds is 3. The molecule has 120 valence electrons. The minimum atomic E-state index is -0.490. The number of aliphatic imine (C=N–C) groups is 1. The topological polar surface area (TPSA) is 105 Å². The van der Waals surface area contributed by atoms with Gasteiger partial charge >= 0.3 is 0 Å². The Morgan fingerprint density at radius 3 is 2.54 bits per heavy atom. The summed E-state index contributed by atoms with van der Waals surface area (Å²) in [6.45, 7) is 0. The fraction of sp³-hybridized carbons (Fsp3) is 0. The molecule has 1 aliphatic rings. The molecule has 2 aromatic carbocycles. The summed E-state index contributed by atoms with van der Waals surface area (Å²) in [6, 6.07) is 12.4. The Morgan fingerprint density at radius 2 is 1.88 bits per heavy atom. The maximum atomic E-state index is 12.0. The van der Waals surface area contributed by atoms with Gasteiger partial charge in [-0.25, -0.2) is 4.99 Å². The smallest absolute Gasteiger partial charge is 0.269 e. The fourth-order valence-electron chi connectivity index (χ4n) is 2.00. The van der Waals surface area contributed by atoms with E-state index in [4.69, 9.17) is 0 Å². The molecule has 0 saturated carbocycles. The number of thioether (sulfide) groups is 1. The number of benzene rings is 2. The summed E-state index contributed by atoms with van der Waals surface area (Å²) in [6.07, 6.45) is 1.58. The summed E-state index contributed by atoms with van der Waals surface area (Å²) >= 11 is 1.13. The minimum absolute atomic E-state index is 0.0257. The normalized spacial score (nSPS) is 17.2. The number of phenolic OH excluding ortho intramolecular Hbond substituents is 1. The van der Waals surface area contributed by atoms with Crippen LogP contribution in [0, 0.1) is 10.1 Å². The number of nitrogens with zero attached hydrogens (tertiary/aromatic N) is 2. The molecule has 0 atom stereocenters. The molecule has 24 heavy (non-hydrogen) atoms. The fourth-order valence-corrected chi connectivity index (χ4v) is 2.83. The number of non-ortho nitro benzene ring substituents is 1. The van der Waals surface area contributed by atoms with Crippen LogP contribution in [0.5, 0.6) is 5.75 Å². The number of nitro benzene ring substituents is 1. The van der Waals surface area contributed by atoms with Gasteiger partial charge in [-0.2, -0.15) is 0 Å². The average Bonchev–Trinajstić information content (AvgIpc) is 2.89. The lowest BCUT2D eigenvalue weighted by Crippen LogP contribution is -2.19. The van der Waals surface area contributed by atoms with Gasteiger partial charge < -0.3 is 10.4 Å². The van der Waals surface area contributed by atoms with Gasteiger partial charge in [0.2, 0.25) is 0 Å². The lowest BCUT2D eigenvalue weighted by molar-refractivity contribution is -0.384. The number of amidine groups is 1. The first-order chi connectivity index (χ1) is 11.5. The predicted octanol–water partition coefficient (Wildman–Crippen LogP) is 3.19. The van der Waals surface area contributed by atoms with Crippen LogP contribution in [0.15, 0.2) is 58.4 Å². The molecule has 3 rings (SSSR count). The second kappa shape index (κ2) is 6.55. The Kier molecular flexibility index (Phi) is 4.30. The van der Waals surface area contributed by atoms with E-state index in [2.05, 4.69) is 10.3 Å². The van der Waals surface area contributed by atoms with E-state index in [-0.39, 0.29) is 17.3 Å². The Bertz CT molecular complexity index is 875. The van der Waals surface area contributed by atoms with E-state index in [0.29, 0.717) is 21.3 Å². The van der Waals surface area contributed by atoms with Crippen molar-refractivity contribution in [2.75, 3.05) is 0 Å². The summed E-state index contributed by atoms with van der Waals surface area (Å²) in [5, 5.41) is 23.4. The molecular formula is C16H11N3O4S. The first-order valence-corrected chi connectivity index (χ1v) is 7.66. The van der Waals surface area contributed by atoms with Gasteiger partial charge in [0.25, 0.3) is 11.6 Å². The molecule has 1 heterocycles. The summed E-state index contributed by atoms with van der Waals surface area (Å²) in [7, 11) is 0. The lowest BCUT2D eigenvalue weighted by Gasteiger charge is -1.98. The number of hydrogen-bond acceptors (Lipinski definition) is 6. The molecule has 1 aliphatic heterocycles. The van der Waals surface area contributed by atoms with Crippen molar-refractivity contribution in [3.05, 3.63) is 69.1 Å². The summed E-state index contributed by atoms with van der Waals surface area (Å²) < 4.78 is 0. The highest BCUT2D eigenvalue weighted by Crippen LogP contribution is 2.30. The van der Waals surface area contributed by atoms with Gasteiger partial charge in [-0.15, -0.1) is 0 Å². The summed E-state index contributed by atoms with van der Waals surface area (Å²) in [4.78, 5) is 26.8. The Hall–Kier alpha value is -3.13. The summed E-state index contributed by atoms with van der Waals surface area (Å²) in [5.41, 5.74) is 1.00. The van der Waals surface area contributed by atoms with E-state index in [1.54, 1.807) is 24.3 Å². The monoisotopic (exact) mass is 341 g/mol. The van der Waals surface area contributed by atoms with Gasteiger partial charge in [0.1, 0.15) is 5.75 Å². The molecule has 0 aromatic heterocycles. The third-order valence-corrected chi connectivity index (χ3v) is 4.08. The van der Waals surface area contributed by atoms with Crippen LogP contribution in [-0.2, 0) is 4.79 Å². The molecule has 0 spiro atoms. The maximum absolute atomic E-state index is 12.0. The highest BCUT2D eigenvalue weighted by atomic mass is 32.2. The molecule has 1 saturated heterocycles. The Morgan fingerprint density at radius 1 is 1.17 bits per heavy atom. The third kappa shape index (κ3) is 3.44. The van der Waals surface area contributed by atoms with Crippen molar-refractivity contribution in [2.45, 2.75) is 0 Å². The third-order valence-electron chi connectivity index (χ3n) is 3.17. The number of carbonyl (C=O) groups is 1. The van der Waals surface area contributed by atoms with Crippen molar-refractivity contribution >= 4 is 40.3 Å². The molecule has 0 unspecified atom stereocenters. The molecule has 1 fully saturated rings. The number of amides is 1. The standard InChI is InChI=1S/C16H11N3O4S/c20-13-4-2-1-3-10(13)9-14-15(21)18-16(24-14)17-11-5-7-12(8-6-11)19(22)23/h1-9,20H,(H,17,18,21)/b14-9-. The van der Waals surface area contributed by atoms with Gasteiger partial charge in [0.15, 0.2) is 5.17 Å². The molecule has 0 bridgehead atoms. The molecule has 1 amide bonds. The van der Waals surface area contributed by atoms with Crippen LogP contribution in [-0.4, -0.2) is 21.1 Å². The maximum Gasteiger partial charge on any atom is 0.269 e.